The summed E-state index contributed by atoms with van der Waals surface area (Å²) in [4.78, 5) is 30.3. The van der Waals surface area contributed by atoms with Crippen molar-refractivity contribution in [2.75, 3.05) is 6.61 Å². The van der Waals surface area contributed by atoms with Crippen LogP contribution in [0.4, 0.5) is 5.69 Å². The van der Waals surface area contributed by atoms with Crippen LogP contribution in [0, 0.1) is 0 Å². The molecule has 1 N–H and O–H groups in total. The first-order valence-corrected chi connectivity index (χ1v) is 11.1. The van der Waals surface area contributed by atoms with Gasteiger partial charge in [-0.05, 0) is 55.3 Å². The average molecular weight is 447 g/mol. The van der Waals surface area contributed by atoms with Crippen molar-refractivity contribution in [1.82, 2.24) is 4.57 Å². The van der Waals surface area contributed by atoms with Gasteiger partial charge in [0.1, 0.15) is 0 Å². The van der Waals surface area contributed by atoms with E-state index < -0.39 is 5.97 Å². The highest BCUT2D eigenvalue weighted by Gasteiger charge is 2.19. The topological polar surface area (TPSA) is 80.9 Å². The second kappa shape index (κ2) is 9.20. The van der Waals surface area contributed by atoms with Crippen molar-refractivity contribution in [3.05, 3.63) is 81.0 Å². The molecule has 0 unspecified atom stereocenters. The molecule has 1 heterocycles. The maximum atomic E-state index is 12.6. The fraction of sp³-hybridized carbons (Fsp3) is 0.160. The second-order valence-corrected chi connectivity index (χ2v) is 8.05. The minimum atomic E-state index is -0.408. The molecular weight excluding hydrogens is 424 g/mol. The maximum absolute atomic E-state index is 12.6. The Morgan fingerprint density at radius 3 is 2.75 bits per heavy atom. The van der Waals surface area contributed by atoms with Gasteiger partial charge in [0, 0.05) is 12.1 Å². The van der Waals surface area contributed by atoms with Crippen molar-refractivity contribution >= 4 is 46.5 Å². The van der Waals surface area contributed by atoms with E-state index in [0.29, 0.717) is 39.7 Å². The number of benzene rings is 2. The zero-order valence-electron chi connectivity index (χ0n) is 17.7. The van der Waals surface area contributed by atoms with E-state index >= 15 is 0 Å². The number of thiazole rings is 1. The number of fused-ring (bicyclic) bond motifs is 1. The van der Waals surface area contributed by atoms with Gasteiger partial charge in [0.15, 0.2) is 10.6 Å². The Hall–Kier alpha value is -3.71. The van der Waals surface area contributed by atoms with Crippen molar-refractivity contribution in [1.29, 1.82) is 0 Å². The number of aromatic nitrogens is 1. The minimum absolute atomic E-state index is 0.0464. The lowest BCUT2D eigenvalue weighted by molar-refractivity contribution is -0.109. The van der Waals surface area contributed by atoms with E-state index in [2.05, 4.69) is 4.99 Å². The molecule has 0 saturated heterocycles. The van der Waals surface area contributed by atoms with Crippen LogP contribution in [0.1, 0.15) is 40.2 Å². The smallest absolute Gasteiger partial charge is 0.338 e. The first-order valence-electron chi connectivity index (χ1n) is 10.3. The molecule has 7 heteroatoms. The Kier molecular flexibility index (Phi) is 6.18. The van der Waals surface area contributed by atoms with Gasteiger partial charge in [0.25, 0.3) is 0 Å². The molecular formula is C25H22N2O4S. The number of hydrogen-bond acceptors (Lipinski definition) is 6. The van der Waals surface area contributed by atoms with Gasteiger partial charge in [0.05, 0.1) is 22.7 Å². The number of ether oxygens (including phenoxy) is 1. The van der Waals surface area contributed by atoms with Crippen molar-refractivity contribution in [3.8, 4) is 5.88 Å². The molecule has 0 fully saturated rings. The molecule has 0 aliphatic heterocycles. The van der Waals surface area contributed by atoms with Gasteiger partial charge in [-0.25, -0.2) is 9.79 Å². The number of carbonyl (C=O) groups is 2. The molecule has 0 saturated carbocycles. The molecule has 162 valence electrons. The first kappa shape index (κ1) is 21.5. The fourth-order valence-electron chi connectivity index (χ4n) is 3.47. The summed E-state index contributed by atoms with van der Waals surface area (Å²) >= 11 is 1.28. The van der Waals surface area contributed by atoms with Crippen LogP contribution in [0.5, 0.6) is 5.88 Å². The van der Waals surface area contributed by atoms with Crippen LogP contribution in [-0.4, -0.2) is 28.0 Å². The predicted octanol–water partition coefficient (Wildman–Crippen LogP) is 4.82. The number of ketones is 1. The molecule has 32 heavy (non-hydrogen) atoms. The van der Waals surface area contributed by atoms with E-state index in [1.807, 2.05) is 31.2 Å². The summed E-state index contributed by atoms with van der Waals surface area (Å²) < 4.78 is 6.73. The maximum Gasteiger partial charge on any atom is 0.338 e. The van der Waals surface area contributed by atoms with Crippen LogP contribution in [0.3, 0.4) is 0 Å². The van der Waals surface area contributed by atoms with Crippen LogP contribution in [0.15, 0.2) is 59.6 Å². The van der Waals surface area contributed by atoms with Crippen molar-refractivity contribution < 1.29 is 19.4 Å². The predicted molar refractivity (Wildman–Crippen MR) is 126 cm³/mol. The van der Waals surface area contributed by atoms with Gasteiger partial charge < -0.3 is 9.84 Å². The second-order valence-electron chi connectivity index (χ2n) is 7.04. The third-order valence-electron chi connectivity index (χ3n) is 5.01. The molecule has 1 aliphatic rings. The van der Waals surface area contributed by atoms with Crippen LogP contribution in [0.25, 0.3) is 17.7 Å². The van der Waals surface area contributed by atoms with E-state index in [9.17, 15) is 14.7 Å². The quantitative estimate of drug-likeness (QED) is 0.450. The molecule has 2 aromatic carbocycles. The van der Waals surface area contributed by atoms with Gasteiger partial charge in [-0.3, -0.25) is 9.36 Å². The number of hydrogen-bond donors (Lipinski definition) is 1. The zero-order chi connectivity index (χ0) is 22.7. The van der Waals surface area contributed by atoms with E-state index in [1.54, 1.807) is 54.0 Å². The summed E-state index contributed by atoms with van der Waals surface area (Å²) in [5.74, 6) is -0.472. The zero-order valence-corrected chi connectivity index (χ0v) is 18.6. The molecule has 4 rings (SSSR count). The van der Waals surface area contributed by atoms with E-state index in [-0.39, 0.29) is 11.7 Å². The number of nitrogens with zero attached hydrogens (tertiary/aromatic N) is 2. The lowest BCUT2D eigenvalue weighted by Gasteiger charge is -2.12. The molecule has 0 amide bonds. The number of rotatable bonds is 5. The Morgan fingerprint density at radius 2 is 1.97 bits per heavy atom. The minimum Gasteiger partial charge on any atom is -0.493 e. The molecule has 3 aromatic rings. The Bertz CT molecular complexity index is 1330. The van der Waals surface area contributed by atoms with Crippen molar-refractivity contribution in [2.45, 2.75) is 20.4 Å². The van der Waals surface area contributed by atoms with Crippen LogP contribution in [0.2, 0.25) is 0 Å². The number of esters is 1. The SMILES string of the molecule is CCOC(=O)c1cccc(N=c2sc(C=C3C(=O)C=Cc4ccccc43)c(O)n2CC)c1. The van der Waals surface area contributed by atoms with E-state index in [4.69, 9.17) is 4.74 Å². The molecule has 1 aliphatic carbocycles. The summed E-state index contributed by atoms with van der Waals surface area (Å²) in [6.07, 6.45) is 5.05. The number of carbonyl (C=O) groups excluding carboxylic acids is 2. The summed E-state index contributed by atoms with van der Waals surface area (Å²) in [6, 6.07) is 14.5. The first-order chi connectivity index (χ1) is 15.5. The number of allylic oxidation sites excluding steroid dienone is 2. The Morgan fingerprint density at radius 1 is 1.16 bits per heavy atom. The molecule has 1 aromatic heterocycles. The largest absolute Gasteiger partial charge is 0.493 e. The van der Waals surface area contributed by atoms with Crippen molar-refractivity contribution in [3.63, 3.8) is 0 Å². The highest BCUT2D eigenvalue weighted by molar-refractivity contribution is 7.10. The van der Waals surface area contributed by atoms with Crippen LogP contribution < -0.4 is 4.80 Å². The third-order valence-corrected chi connectivity index (χ3v) is 6.03. The normalized spacial score (nSPS) is 14.6. The summed E-state index contributed by atoms with van der Waals surface area (Å²) in [5, 5.41) is 10.8. The molecule has 0 radical (unpaired) electrons. The molecule has 0 bridgehead atoms. The lowest BCUT2D eigenvalue weighted by Crippen LogP contribution is -2.12. The van der Waals surface area contributed by atoms with E-state index in [0.717, 1.165) is 11.1 Å². The molecule has 6 nitrogen and oxygen atoms in total. The van der Waals surface area contributed by atoms with E-state index in [1.165, 1.54) is 11.3 Å². The fourth-order valence-corrected chi connectivity index (χ4v) is 4.52. The van der Waals surface area contributed by atoms with Crippen molar-refractivity contribution in [2.24, 2.45) is 4.99 Å². The molecule has 0 atom stereocenters. The summed E-state index contributed by atoms with van der Waals surface area (Å²) in [6.45, 7) is 4.45. The monoisotopic (exact) mass is 446 g/mol. The van der Waals surface area contributed by atoms with Crippen LogP contribution >= 0.6 is 11.3 Å². The summed E-state index contributed by atoms with van der Waals surface area (Å²) in [7, 11) is 0. The third kappa shape index (κ3) is 4.20. The van der Waals surface area contributed by atoms with Crippen LogP contribution in [-0.2, 0) is 16.1 Å². The summed E-state index contributed by atoms with van der Waals surface area (Å²) in [5.41, 5.74) is 3.30. The van der Waals surface area contributed by atoms with Gasteiger partial charge in [-0.15, -0.1) is 0 Å². The lowest BCUT2D eigenvalue weighted by atomic mass is 9.91. The number of aromatic hydroxyl groups is 1. The highest BCUT2D eigenvalue weighted by Crippen LogP contribution is 2.32. The van der Waals surface area contributed by atoms with Gasteiger partial charge in [-0.1, -0.05) is 47.7 Å². The van der Waals surface area contributed by atoms with Gasteiger partial charge in [0.2, 0.25) is 5.88 Å². The standard InChI is InChI=1S/C25H22N2O4S/c1-3-27-23(29)22(15-20-19-11-6-5-8-16(19)12-13-21(20)28)32-25(27)26-18-10-7-9-17(14-18)24(30)31-4-2/h5-15,29H,3-4H2,1-2H3. The Balaban J connectivity index is 1.79. The Labute approximate surface area is 189 Å². The van der Waals surface area contributed by atoms with Gasteiger partial charge >= 0.3 is 5.97 Å². The highest BCUT2D eigenvalue weighted by atomic mass is 32.1. The average Bonchev–Trinajstić information content (AvgIpc) is 3.09. The van der Waals surface area contributed by atoms with Gasteiger partial charge in [-0.2, -0.15) is 0 Å². The molecule has 0 spiro atoms.